The van der Waals surface area contributed by atoms with Gasteiger partial charge in [-0.05, 0) is 31.6 Å². The Bertz CT molecular complexity index is 278. The molecule has 2 fully saturated rings. The summed E-state index contributed by atoms with van der Waals surface area (Å²) in [7, 11) is 0. The van der Waals surface area contributed by atoms with Gasteiger partial charge in [-0.3, -0.25) is 4.79 Å². The van der Waals surface area contributed by atoms with E-state index in [-0.39, 0.29) is 11.7 Å². The van der Waals surface area contributed by atoms with Crippen LogP contribution in [0.5, 0.6) is 0 Å². The van der Waals surface area contributed by atoms with Crippen molar-refractivity contribution >= 4 is 5.78 Å². The number of carbonyl (C=O) groups is 1. The van der Waals surface area contributed by atoms with Gasteiger partial charge in [-0.1, -0.05) is 0 Å². The van der Waals surface area contributed by atoms with E-state index in [4.69, 9.17) is 4.74 Å². The number of carbonyl (C=O) groups excluding carboxylic acids is 1. The second-order valence-corrected chi connectivity index (χ2v) is 4.18. The minimum atomic E-state index is 0.102. The van der Waals surface area contributed by atoms with Crippen LogP contribution in [0.25, 0.3) is 0 Å². The standard InChI is InChI=1S/C12H17NO2/c14-12(11-4-9-15-10-5-11)3-8-13-6-1-2-7-13/h11H,1-2,4-7,9-10H2. The predicted octanol–water partition coefficient (Wildman–Crippen LogP) is 1.04. The highest BCUT2D eigenvalue weighted by molar-refractivity contribution is 5.97. The minimum absolute atomic E-state index is 0.102. The van der Waals surface area contributed by atoms with Crippen LogP contribution in [0.4, 0.5) is 0 Å². The summed E-state index contributed by atoms with van der Waals surface area (Å²) >= 11 is 0. The van der Waals surface area contributed by atoms with Gasteiger partial charge in [0, 0.05) is 38.3 Å². The Morgan fingerprint density at radius 3 is 2.53 bits per heavy atom. The highest BCUT2D eigenvalue weighted by Crippen LogP contribution is 2.15. The summed E-state index contributed by atoms with van der Waals surface area (Å²) in [6.45, 7) is 3.46. The molecule has 0 aromatic rings. The molecule has 3 heteroatoms. The molecular weight excluding hydrogens is 190 g/mol. The molecule has 2 heterocycles. The Balaban J connectivity index is 1.84. The van der Waals surface area contributed by atoms with Crippen LogP contribution in [0.2, 0.25) is 0 Å². The SMILES string of the molecule is O=C(C#CN1CCCC1)C1CCOCC1. The number of rotatable bonds is 1. The number of hydrogen-bond donors (Lipinski definition) is 0. The van der Waals surface area contributed by atoms with Crippen LogP contribution < -0.4 is 0 Å². The lowest BCUT2D eigenvalue weighted by Crippen LogP contribution is -2.23. The van der Waals surface area contributed by atoms with Gasteiger partial charge in [0.1, 0.15) is 0 Å². The van der Waals surface area contributed by atoms with Gasteiger partial charge in [0.25, 0.3) is 0 Å². The maximum absolute atomic E-state index is 11.7. The lowest BCUT2D eigenvalue weighted by Gasteiger charge is -2.18. The van der Waals surface area contributed by atoms with Gasteiger partial charge in [-0.25, -0.2) is 0 Å². The molecule has 15 heavy (non-hydrogen) atoms. The fourth-order valence-electron chi connectivity index (χ4n) is 2.02. The van der Waals surface area contributed by atoms with Crippen LogP contribution in [0.1, 0.15) is 25.7 Å². The number of ketones is 1. The molecule has 0 spiro atoms. The largest absolute Gasteiger partial charge is 0.381 e. The maximum atomic E-state index is 11.7. The monoisotopic (exact) mass is 207 g/mol. The quantitative estimate of drug-likeness (QED) is 0.602. The lowest BCUT2D eigenvalue weighted by molar-refractivity contribution is -0.120. The fourth-order valence-corrected chi connectivity index (χ4v) is 2.02. The van der Waals surface area contributed by atoms with E-state index in [2.05, 4.69) is 16.9 Å². The molecule has 2 saturated heterocycles. The van der Waals surface area contributed by atoms with Gasteiger partial charge in [-0.2, -0.15) is 0 Å². The normalized spacial score (nSPS) is 22.3. The second kappa shape index (κ2) is 5.18. The summed E-state index contributed by atoms with van der Waals surface area (Å²) in [5.41, 5.74) is 0. The van der Waals surface area contributed by atoms with Crippen LogP contribution in [0.3, 0.4) is 0 Å². The van der Waals surface area contributed by atoms with E-state index >= 15 is 0 Å². The van der Waals surface area contributed by atoms with Gasteiger partial charge < -0.3 is 9.64 Å². The number of ether oxygens (including phenoxy) is 1. The van der Waals surface area contributed by atoms with Gasteiger partial charge in [0.15, 0.2) is 0 Å². The van der Waals surface area contributed by atoms with Crippen molar-refractivity contribution in [3.05, 3.63) is 0 Å². The molecule has 0 aromatic heterocycles. The Morgan fingerprint density at radius 1 is 1.20 bits per heavy atom. The van der Waals surface area contributed by atoms with Gasteiger partial charge in [0.2, 0.25) is 5.78 Å². The summed E-state index contributed by atoms with van der Waals surface area (Å²) in [5.74, 6) is 3.00. The molecule has 0 aliphatic carbocycles. The topological polar surface area (TPSA) is 29.5 Å². The summed E-state index contributed by atoms with van der Waals surface area (Å²) in [4.78, 5) is 13.8. The smallest absolute Gasteiger partial charge is 0.210 e. The Morgan fingerprint density at radius 2 is 1.87 bits per heavy atom. The third-order valence-electron chi connectivity index (χ3n) is 3.04. The van der Waals surface area contributed by atoms with Crippen LogP contribution in [0, 0.1) is 17.9 Å². The first-order valence-corrected chi connectivity index (χ1v) is 5.74. The molecule has 0 bridgehead atoms. The van der Waals surface area contributed by atoms with E-state index in [1.54, 1.807) is 0 Å². The molecule has 3 nitrogen and oxygen atoms in total. The second-order valence-electron chi connectivity index (χ2n) is 4.18. The minimum Gasteiger partial charge on any atom is -0.381 e. The zero-order valence-corrected chi connectivity index (χ0v) is 9.00. The van der Waals surface area contributed by atoms with Crippen molar-refractivity contribution in [1.29, 1.82) is 0 Å². The van der Waals surface area contributed by atoms with Crippen molar-refractivity contribution in [2.45, 2.75) is 25.7 Å². The molecule has 0 radical (unpaired) electrons. The summed E-state index contributed by atoms with van der Waals surface area (Å²) in [5, 5.41) is 0. The van der Waals surface area contributed by atoms with E-state index < -0.39 is 0 Å². The van der Waals surface area contributed by atoms with Crippen molar-refractivity contribution < 1.29 is 9.53 Å². The molecule has 0 amide bonds. The van der Waals surface area contributed by atoms with Crippen LogP contribution >= 0.6 is 0 Å². The third kappa shape index (κ3) is 2.97. The number of hydrogen-bond acceptors (Lipinski definition) is 3. The molecular formula is C12H17NO2. The van der Waals surface area contributed by atoms with Gasteiger partial charge in [-0.15, -0.1) is 0 Å². The molecule has 0 saturated carbocycles. The van der Waals surface area contributed by atoms with Crippen LogP contribution in [-0.4, -0.2) is 37.0 Å². The first-order chi connectivity index (χ1) is 7.36. The van der Waals surface area contributed by atoms with E-state index in [1.807, 2.05) is 0 Å². The number of likely N-dealkylation sites (tertiary alicyclic amines) is 1. The third-order valence-corrected chi connectivity index (χ3v) is 3.04. The first-order valence-electron chi connectivity index (χ1n) is 5.74. The number of nitrogens with zero attached hydrogens (tertiary/aromatic N) is 1. The van der Waals surface area contributed by atoms with Crippen molar-refractivity contribution in [1.82, 2.24) is 4.90 Å². The molecule has 0 aromatic carbocycles. The van der Waals surface area contributed by atoms with E-state index in [9.17, 15) is 4.79 Å². The van der Waals surface area contributed by atoms with Crippen LogP contribution in [-0.2, 0) is 9.53 Å². The Kier molecular flexibility index (Phi) is 3.63. The summed E-state index contributed by atoms with van der Waals surface area (Å²) < 4.78 is 5.22. The van der Waals surface area contributed by atoms with Gasteiger partial charge in [0.05, 0.1) is 0 Å². The molecule has 0 N–H and O–H groups in total. The lowest BCUT2D eigenvalue weighted by atomic mass is 9.96. The maximum Gasteiger partial charge on any atom is 0.210 e. The molecule has 2 aliphatic rings. The molecule has 2 rings (SSSR count). The van der Waals surface area contributed by atoms with E-state index in [1.165, 1.54) is 12.8 Å². The van der Waals surface area contributed by atoms with Crippen molar-refractivity contribution in [3.63, 3.8) is 0 Å². The van der Waals surface area contributed by atoms with E-state index in [0.29, 0.717) is 13.2 Å². The first kappa shape index (κ1) is 10.5. The highest BCUT2D eigenvalue weighted by Gasteiger charge is 2.20. The highest BCUT2D eigenvalue weighted by atomic mass is 16.5. The average Bonchev–Trinajstić information content (AvgIpc) is 2.80. The van der Waals surface area contributed by atoms with Crippen LogP contribution in [0.15, 0.2) is 0 Å². The molecule has 0 atom stereocenters. The Labute approximate surface area is 90.8 Å². The Hall–Kier alpha value is -1.01. The number of Topliss-reactive ketones (excluding diaryl/α,β-unsaturated/α-hetero) is 1. The van der Waals surface area contributed by atoms with Gasteiger partial charge >= 0.3 is 0 Å². The summed E-state index contributed by atoms with van der Waals surface area (Å²) in [6, 6.07) is 2.97. The molecule has 2 aliphatic heterocycles. The average molecular weight is 207 g/mol. The predicted molar refractivity (Wildman–Crippen MR) is 57.1 cm³/mol. The van der Waals surface area contributed by atoms with Crippen molar-refractivity contribution in [3.8, 4) is 12.0 Å². The zero-order chi connectivity index (χ0) is 10.5. The van der Waals surface area contributed by atoms with Crippen molar-refractivity contribution in [2.75, 3.05) is 26.3 Å². The van der Waals surface area contributed by atoms with E-state index in [0.717, 1.165) is 25.9 Å². The summed E-state index contributed by atoms with van der Waals surface area (Å²) in [6.07, 6.45) is 4.10. The molecule has 82 valence electrons. The zero-order valence-electron chi connectivity index (χ0n) is 9.00. The van der Waals surface area contributed by atoms with Crippen molar-refractivity contribution in [2.24, 2.45) is 5.92 Å². The molecule has 0 unspecified atom stereocenters. The fraction of sp³-hybridized carbons (Fsp3) is 0.750.